The predicted octanol–water partition coefficient (Wildman–Crippen LogP) is 10.7. The molecule has 1 aliphatic heterocycles. The van der Waals surface area contributed by atoms with Crippen molar-refractivity contribution in [2.75, 3.05) is 14.1 Å². The number of carbonyl (C=O) groups excluding carboxylic acids is 2. The first-order valence-electron chi connectivity index (χ1n) is 22.5. The third kappa shape index (κ3) is 32.7. The average molecular weight is 1050 g/mol. The highest BCUT2D eigenvalue weighted by molar-refractivity contribution is 7.05. The Kier molecular flexibility index (Phi) is 42.0. The largest absolute Gasteiger partial charge is 0.502 e. The van der Waals surface area contributed by atoms with Crippen molar-refractivity contribution in [3.63, 3.8) is 0 Å². The van der Waals surface area contributed by atoms with Gasteiger partial charge >= 0.3 is 0 Å². The highest BCUT2D eigenvalue weighted by Crippen LogP contribution is 2.15. The molecule has 5 aromatic rings. The Balaban J connectivity index is -0.000000237. The van der Waals surface area contributed by atoms with Gasteiger partial charge in [-0.15, -0.1) is 0 Å². The summed E-state index contributed by atoms with van der Waals surface area (Å²) in [7, 11) is 3.28. The molecule has 0 bridgehead atoms. The Morgan fingerprint density at radius 1 is 0.736 bits per heavy atom. The summed E-state index contributed by atoms with van der Waals surface area (Å²) >= 11 is 2.53. The second-order valence-corrected chi connectivity index (χ2v) is 18.9. The number of amides is 2. The fraction of sp³-hybridized carbons (Fsp3) is 0.600. The summed E-state index contributed by atoms with van der Waals surface area (Å²) in [6.07, 6.45) is 3.93. The Morgan fingerprint density at radius 3 is 1.50 bits per heavy atom. The number of aromatic hydroxyl groups is 1. The van der Waals surface area contributed by atoms with E-state index in [0.29, 0.717) is 40.8 Å². The molecule has 0 saturated carbocycles. The number of hydrogen-bond acceptors (Lipinski definition) is 17. The standard InChI is InChI=1S/C8H10O3.C7H11NO.C6H10N2O.C6H9NOS.C5H9N3.C5H8N2OS.2C5H11NO.3CH4/c1-5(2)6-3-11-4-7(9)8(6)10;1-5(2)7-4-6(3)8-9-7;1-4(2)6-7-5(3)9-8-6;1-4(2)5-3-6(8)7-9-5;1-4(2)5-6-3-7-8-5;1-3(2)4-5(8)7-9-6-4;2*1-4(2)5(7)6-3;;;/h3-5,9H,1-2H3;4-5H,1-3H3;4H,3H2,1-2H3,(H,7,8);3-4H,1-2H3,(H,7,8);3-4H,1-2H3,(H,6,7,8);3H,1-2H3,(H,7,8);2*4H,1-3H3,(H,6,7);3*1H4. The molecule has 6 rings (SSSR count). The van der Waals surface area contributed by atoms with E-state index in [1.54, 1.807) is 20.2 Å². The van der Waals surface area contributed by atoms with Crippen molar-refractivity contribution >= 4 is 40.9 Å². The Morgan fingerprint density at radius 2 is 1.29 bits per heavy atom. The number of nitrogens with zero attached hydrogens (tertiary/aromatic N) is 5. The molecule has 0 fully saturated rings. The van der Waals surface area contributed by atoms with Crippen LogP contribution in [0.5, 0.6) is 5.75 Å². The number of H-pyrrole nitrogens is 3. The van der Waals surface area contributed by atoms with Gasteiger partial charge in [0.05, 0.1) is 12.0 Å². The lowest BCUT2D eigenvalue weighted by molar-refractivity contribution is -0.124. The minimum absolute atomic E-state index is 0. The average Bonchev–Trinajstić information content (AvgIpc) is 4.15. The van der Waals surface area contributed by atoms with E-state index in [-0.39, 0.29) is 80.1 Å². The number of nitrogens with one attached hydrogen (secondary N) is 6. The fourth-order valence-corrected chi connectivity index (χ4v) is 5.55. The molecule has 1 aliphatic rings. The van der Waals surface area contributed by atoms with Gasteiger partial charge in [-0.25, -0.2) is 10.5 Å². The highest BCUT2D eigenvalue weighted by Gasteiger charge is 2.12. The normalized spacial score (nSPS) is 10.7. The van der Waals surface area contributed by atoms with Gasteiger partial charge in [0.2, 0.25) is 23.1 Å². The molecule has 20 nitrogen and oxygen atoms in total. The molecule has 5 aromatic heterocycles. The lowest BCUT2D eigenvalue weighted by Gasteiger charge is -2.01. The van der Waals surface area contributed by atoms with Crippen molar-refractivity contribution in [1.29, 1.82) is 0 Å². The van der Waals surface area contributed by atoms with Crippen LogP contribution < -0.4 is 32.7 Å². The number of hydroxylamine groups is 1. The first kappa shape index (κ1) is 74.8. The van der Waals surface area contributed by atoms with Crippen LogP contribution in [0.25, 0.3) is 0 Å². The predicted molar refractivity (Wildman–Crippen MR) is 296 cm³/mol. The number of aromatic nitrogens is 7. The van der Waals surface area contributed by atoms with Crippen LogP contribution in [0.15, 0.2) is 71.8 Å². The molecule has 72 heavy (non-hydrogen) atoms. The molecular weight excluding hydrogens is 963 g/mol. The summed E-state index contributed by atoms with van der Waals surface area (Å²) in [5.41, 5.74) is 4.39. The van der Waals surface area contributed by atoms with Crippen LogP contribution in [0.3, 0.4) is 0 Å². The van der Waals surface area contributed by atoms with Gasteiger partial charge in [-0.05, 0) is 25.3 Å². The monoisotopic (exact) mass is 1050 g/mol. The molecule has 0 aromatic carbocycles. The summed E-state index contributed by atoms with van der Waals surface area (Å²) in [6.45, 7) is 37.0. The van der Waals surface area contributed by atoms with Gasteiger partial charge in [-0.3, -0.25) is 37.8 Å². The molecule has 0 atom stereocenters. The lowest BCUT2D eigenvalue weighted by atomic mass is 10.1. The molecule has 0 radical (unpaired) electrons. The Bertz CT molecular complexity index is 2350. The smallest absolute Gasteiger partial charge is 0.281 e. The molecule has 7 N–H and O–H groups in total. The van der Waals surface area contributed by atoms with Crippen LogP contribution >= 0.6 is 23.3 Å². The molecule has 0 aliphatic carbocycles. The van der Waals surface area contributed by atoms with E-state index in [1.165, 1.54) is 24.1 Å². The Hall–Kier alpha value is -6.16. The molecule has 22 heteroatoms. The van der Waals surface area contributed by atoms with Crippen LogP contribution in [0.2, 0.25) is 0 Å². The molecule has 0 saturated heterocycles. The molecule has 6 heterocycles. The van der Waals surface area contributed by atoms with E-state index < -0.39 is 0 Å². The number of hydrogen-bond donors (Lipinski definition) is 7. The van der Waals surface area contributed by atoms with E-state index in [9.17, 15) is 24.0 Å². The number of aromatic amines is 3. The summed E-state index contributed by atoms with van der Waals surface area (Å²) in [6, 6.07) is 3.61. The van der Waals surface area contributed by atoms with Gasteiger partial charge in [-0.2, -0.15) is 14.5 Å². The molecular formula is C50H91N11O9S2. The minimum atomic E-state index is -0.341. The number of aliphatic imine (C=N–C) groups is 1. The van der Waals surface area contributed by atoms with Crippen LogP contribution in [-0.2, 0) is 14.4 Å². The van der Waals surface area contributed by atoms with Gasteiger partial charge in [-0.1, -0.05) is 150 Å². The maximum Gasteiger partial charge on any atom is 0.281 e. The highest BCUT2D eigenvalue weighted by atomic mass is 32.1. The SMILES string of the molecule is C.C.C.C=C1N=C(C(C)C)NO1.CC(C)c1cc(=O)[nH]s1.CC(C)c1cocc(O)c1=O.CC(C)c1ncn[nH]1.CC(C)c1ns[nH]c1=O.CNC(=O)C(C)C.CNC(=O)C(C)C.Cc1cc(C(C)C)on1. The van der Waals surface area contributed by atoms with Gasteiger partial charge < -0.3 is 29.5 Å². The van der Waals surface area contributed by atoms with E-state index >= 15 is 0 Å². The topological polar surface area (TPSA) is 288 Å². The van der Waals surface area contributed by atoms with Gasteiger partial charge in [0, 0.05) is 83.9 Å². The minimum Gasteiger partial charge on any atom is -0.502 e. The first-order chi connectivity index (χ1) is 32.1. The zero-order valence-corrected chi connectivity index (χ0v) is 45.6. The fourth-order valence-electron chi connectivity index (χ4n) is 4.25. The van der Waals surface area contributed by atoms with E-state index in [2.05, 4.69) is 103 Å². The third-order valence-electron chi connectivity index (χ3n) is 8.47. The molecule has 2 amide bonds. The maximum absolute atomic E-state index is 11.1. The molecule has 412 valence electrons. The number of carbonyl (C=O) groups is 2. The zero-order chi connectivity index (χ0) is 53.6. The number of aryl methyl sites for hydroxylation is 1. The van der Waals surface area contributed by atoms with Crippen molar-refractivity contribution in [2.24, 2.45) is 22.7 Å². The van der Waals surface area contributed by atoms with Crippen molar-refractivity contribution in [3.05, 3.63) is 108 Å². The van der Waals surface area contributed by atoms with Crippen molar-refractivity contribution in [3.8, 4) is 5.75 Å². The number of rotatable bonds is 8. The van der Waals surface area contributed by atoms with E-state index in [4.69, 9.17) is 18.9 Å². The maximum atomic E-state index is 11.1. The van der Waals surface area contributed by atoms with Crippen LogP contribution in [-0.4, -0.2) is 70.3 Å². The Labute approximate surface area is 437 Å². The van der Waals surface area contributed by atoms with Crippen LogP contribution in [0.1, 0.15) is 196 Å². The second-order valence-electron chi connectivity index (χ2n) is 17.5. The van der Waals surface area contributed by atoms with Gasteiger partial charge in [0.25, 0.3) is 11.1 Å². The van der Waals surface area contributed by atoms with E-state index in [1.807, 2.05) is 82.2 Å². The van der Waals surface area contributed by atoms with Crippen LogP contribution in [0.4, 0.5) is 0 Å². The van der Waals surface area contributed by atoms with Crippen molar-refractivity contribution in [2.45, 2.75) is 170 Å². The van der Waals surface area contributed by atoms with Crippen molar-refractivity contribution in [1.82, 2.24) is 49.6 Å². The molecule has 0 unspecified atom stereocenters. The summed E-state index contributed by atoms with van der Waals surface area (Å²) in [4.78, 5) is 67.0. The number of amidine groups is 1. The van der Waals surface area contributed by atoms with Crippen molar-refractivity contribution < 1.29 is 28.5 Å². The van der Waals surface area contributed by atoms with Crippen LogP contribution in [0, 0.1) is 24.7 Å². The van der Waals surface area contributed by atoms with E-state index in [0.717, 1.165) is 46.0 Å². The first-order valence-corrected chi connectivity index (χ1v) is 24.1. The van der Waals surface area contributed by atoms with Gasteiger partial charge in [0.1, 0.15) is 35.7 Å². The third-order valence-corrected chi connectivity index (χ3v) is 10.2. The second kappa shape index (κ2) is 40.4. The zero-order valence-electron chi connectivity index (χ0n) is 44.0. The quantitative estimate of drug-likeness (QED) is 0.0761. The molecule has 0 spiro atoms. The summed E-state index contributed by atoms with van der Waals surface area (Å²) < 4.78 is 18.8. The van der Waals surface area contributed by atoms with Gasteiger partial charge in [0.15, 0.2) is 5.75 Å². The summed E-state index contributed by atoms with van der Waals surface area (Å²) in [5, 5.41) is 24.2. The summed E-state index contributed by atoms with van der Waals surface area (Å²) in [5.74, 6) is 5.38. The lowest BCUT2D eigenvalue weighted by Crippen LogP contribution is -2.22.